The molecule has 1 saturated heterocycles. The molecule has 24 heavy (non-hydrogen) atoms. The summed E-state index contributed by atoms with van der Waals surface area (Å²) in [5, 5.41) is 0. The molecule has 1 aliphatic carbocycles. The standard InChI is InChI=1S/C17H24N2O4S/c1-2-18-24(21,22)16-5-3-4-14(10-16)17(20)19(15-6-7-15)11-13-8-9-23-12-13/h3-5,10,13,15,18H,2,6-9,11-12H2,1H3. The van der Waals surface area contributed by atoms with Gasteiger partial charge in [0.1, 0.15) is 0 Å². The molecule has 1 saturated carbocycles. The van der Waals surface area contributed by atoms with Gasteiger partial charge in [-0.1, -0.05) is 13.0 Å². The number of hydrogen-bond donors (Lipinski definition) is 1. The largest absolute Gasteiger partial charge is 0.381 e. The Hall–Kier alpha value is -1.44. The smallest absolute Gasteiger partial charge is 0.254 e. The summed E-state index contributed by atoms with van der Waals surface area (Å²) in [5.74, 6) is 0.293. The first-order valence-electron chi connectivity index (χ1n) is 8.49. The van der Waals surface area contributed by atoms with Crippen LogP contribution in [-0.2, 0) is 14.8 Å². The van der Waals surface area contributed by atoms with Crippen LogP contribution in [0.5, 0.6) is 0 Å². The van der Waals surface area contributed by atoms with Gasteiger partial charge in [0.2, 0.25) is 10.0 Å². The first kappa shape index (κ1) is 17.4. The Balaban J connectivity index is 1.79. The molecule has 1 aromatic carbocycles. The highest BCUT2D eigenvalue weighted by Crippen LogP contribution is 2.30. The van der Waals surface area contributed by atoms with Gasteiger partial charge in [-0.05, 0) is 37.5 Å². The Morgan fingerprint density at radius 2 is 2.12 bits per heavy atom. The SMILES string of the molecule is CCNS(=O)(=O)c1cccc(C(=O)N(CC2CCOC2)C2CC2)c1. The summed E-state index contributed by atoms with van der Waals surface area (Å²) < 4.78 is 32.2. The fourth-order valence-corrected chi connectivity index (χ4v) is 4.11. The number of hydrogen-bond acceptors (Lipinski definition) is 4. The lowest BCUT2D eigenvalue weighted by atomic mass is 10.1. The highest BCUT2D eigenvalue weighted by Gasteiger charge is 2.35. The average molecular weight is 352 g/mol. The van der Waals surface area contributed by atoms with Crippen LogP contribution in [0.25, 0.3) is 0 Å². The third-order valence-electron chi connectivity index (χ3n) is 4.45. The summed E-state index contributed by atoms with van der Waals surface area (Å²) in [6, 6.07) is 6.59. The fraction of sp³-hybridized carbons (Fsp3) is 0.588. The molecule has 0 spiro atoms. The quantitative estimate of drug-likeness (QED) is 0.809. The van der Waals surface area contributed by atoms with Crippen LogP contribution in [0.2, 0.25) is 0 Å². The molecule has 1 unspecified atom stereocenters. The minimum absolute atomic E-state index is 0.0852. The fourth-order valence-electron chi connectivity index (χ4n) is 3.02. The van der Waals surface area contributed by atoms with E-state index in [-0.39, 0.29) is 16.8 Å². The van der Waals surface area contributed by atoms with E-state index < -0.39 is 10.0 Å². The Morgan fingerprint density at radius 3 is 2.75 bits per heavy atom. The maximum Gasteiger partial charge on any atom is 0.254 e. The Labute approximate surface area is 143 Å². The Kier molecular flexibility index (Phi) is 5.22. The number of benzene rings is 1. The molecule has 1 atom stereocenters. The van der Waals surface area contributed by atoms with E-state index in [0.29, 0.717) is 31.2 Å². The van der Waals surface area contributed by atoms with Gasteiger partial charge in [0.25, 0.3) is 5.91 Å². The van der Waals surface area contributed by atoms with Gasteiger partial charge in [-0.2, -0.15) is 0 Å². The van der Waals surface area contributed by atoms with Gasteiger partial charge in [-0.25, -0.2) is 13.1 Å². The molecule has 7 heteroatoms. The third kappa shape index (κ3) is 3.96. The van der Waals surface area contributed by atoms with Crippen molar-refractivity contribution in [3.8, 4) is 0 Å². The van der Waals surface area contributed by atoms with Crippen molar-refractivity contribution in [1.82, 2.24) is 9.62 Å². The second-order valence-corrected chi connectivity index (χ2v) is 8.21. The van der Waals surface area contributed by atoms with Crippen molar-refractivity contribution in [3.05, 3.63) is 29.8 Å². The van der Waals surface area contributed by atoms with E-state index in [1.807, 2.05) is 4.90 Å². The number of ether oxygens (including phenoxy) is 1. The zero-order valence-electron chi connectivity index (χ0n) is 13.9. The second kappa shape index (κ2) is 7.21. The topological polar surface area (TPSA) is 75.7 Å². The van der Waals surface area contributed by atoms with Crippen LogP contribution in [0.1, 0.15) is 36.5 Å². The molecule has 6 nitrogen and oxygen atoms in total. The minimum Gasteiger partial charge on any atom is -0.381 e. The van der Waals surface area contributed by atoms with Crippen molar-refractivity contribution in [2.24, 2.45) is 5.92 Å². The molecule has 1 N–H and O–H groups in total. The van der Waals surface area contributed by atoms with E-state index in [1.165, 1.54) is 12.1 Å². The van der Waals surface area contributed by atoms with Crippen LogP contribution in [-0.4, -0.2) is 51.6 Å². The predicted molar refractivity (Wildman–Crippen MR) is 90.3 cm³/mol. The van der Waals surface area contributed by atoms with Crippen molar-refractivity contribution in [3.63, 3.8) is 0 Å². The van der Waals surface area contributed by atoms with Gasteiger partial charge < -0.3 is 9.64 Å². The first-order chi connectivity index (χ1) is 11.5. The van der Waals surface area contributed by atoms with E-state index in [0.717, 1.165) is 25.9 Å². The van der Waals surface area contributed by atoms with Gasteiger partial charge in [-0.3, -0.25) is 4.79 Å². The zero-order chi connectivity index (χ0) is 17.2. The van der Waals surface area contributed by atoms with Crippen molar-refractivity contribution in [1.29, 1.82) is 0 Å². The number of rotatable bonds is 7. The normalized spacial score (nSPS) is 21.0. The molecule has 2 aliphatic rings. The number of amides is 1. The van der Waals surface area contributed by atoms with Crippen LogP contribution in [0.15, 0.2) is 29.2 Å². The van der Waals surface area contributed by atoms with Crippen LogP contribution < -0.4 is 4.72 Å². The van der Waals surface area contributed by atoms with Crippen molar-refractivity contribution >= 4 is 15.9 Å². The zero-order valence-corrected chi connectivity index (χ0v) is 14.7. The summed E-state index contributed by atoms with van der Waals surface area (Å²) in [4.78, 5) is 15.0. The van der Waals surface area contributed by atoms with Crippen molar-refractivity contribution in [2.45, 2.75) is 37.1 Å². The molecule has 1 aliphatic heterocycles. The molecule has 3 rings (SSSR count). The average Bonchev–Trinajstić information content (AvgIpc) is 3.28. The maximum absolute atomic E-state index is 12.9. The van der Waals surface area contributed by atoms with Crippen LogP contribution >= 0.6 is 0 Å². The number of nitrogens with zero attached hydrogens (tertiary/aromatic N) is 1. The molecule has 0 radical (unpaired) electrons. The molecule has 0 aromatic heterocycles. The Morgan fingerprint density at radius 1 is 1.33 bits per heavy atom. The van der Waals surface area contributed by atoms with E-state index in [4.69, 9.17) is 4.74 Å². The van der Waals surface area contributed by atoms with E-state index >= 15 is 0 Å². The van der Waals surface area contributed by atoms with Gasteiger partial charge >= 0.3 is 0 Å². The highest BCUT2D eigenvalue weighted by atomic mass is 32.2. The lowest BCUT2D eigenvalue weighted by molar-refractivity contribution is 0.0706. The second-order valence-electron chi connectivity index (χ2n) is 6.45. The number of carbonyl (C=O) groups is 1. The maximum atomic E-state index is 12.9. The monoisotopic (exact) mass is 352 g/mol. The molecule has 1 aromatic rings. The first-order valence-corrected chi connectivity index (χ1v) is 9.98. The third-order valence-corrected chi connectivity index (χ3v) is 6.00. The molecule has 1 heterocycles. The number of sulfonamides is 1. The van der Waals surface area contributed by atoms with Gasteiger partial charge in [0.15, 0.2) is 0 Å². The predicted octanol–water partition coefficient (Wildman–Crippen LogP) is 1.63. The number of nitrogens with one attached hydrogen (secondary N) is 1. The molecule has 1 amide bonds. The molecular formula is C17H24N2O4S. The van der Waals surface area contributed by atoms with Gasteiger partial charge in [0.05, 0.1) is 11.5 Å². The summed E-state index contributed by atoms with van der Waals surface area (Å²) in [7, 11) is -3.56. The lowest BCUT2D eigenvalue weighted by Crippen LogP contribution is -2.37. The summed E-state index contributed by atoms with van der Waals surface area (Å²) in [6.07, 6.45) is 3.02. The van der Waals surface area contributed by atoms with Crippen LogP contribution in [0, 0.1) is 5.92 Å². The van der Waals surface area contributed by atoms with E-state index in [2.05, 4.69) is 4.72 Å². The van der Waals surface area contributed by atoms with Crippen molar-refractivity contribution < 1.29 is 17.9 Å². The van der Waals surface area contributed by atoms with Gasteiger partial charge in [0, 0.05) is 37.2 Å². The molecule has 2 fully saturated rings. The summed E-state index contributed by atoms with van der Waals surface area (Å²) in [5.41, 5.74) is 0.430. The number of carbonyl (C=O) groups excluding carboxylic acids is 1. The van der Waals surface area contributed by atoms with Crippen LogP contribution in [0.4, 0.5) is 0 Å². The van der Waals surface area contributed by atoms with E-state index in [1.54, 1.807) is 19.1 Å². The minimum atomic E-state index is -3.56. The van der Waals surface area contributed by atoms with Gasteiger partial charge in [-0.15, -0.1) is 0 Å². The van der Waals surface area contributed by atoms with Crippen molar-refractivity contribution in [2.75, 3.05) is 26.3 Å². The molecule has 132 valence electrons. The highest BCUT2D eigenvalue weighted by molar-refractivity contribution is 7.89. The molecular weight excluding hydrogens is 328 g/mol. The Bertz CT molecular complexity index is 694. The summed E-state index contributed by atoms with van der Waals surface area (Å²) in [6.45, 7) is 4.19. The lowest BCUT2D eigenvalue weighted by Gasteiger charge is -2.25. The summed E-state index contributed by atoms with van der Waals surface area (Å²) >= 11 is 0. The van der Waals surface area contributed by atoms with Crippen LogP contribution in [0.3, 0.4) is 0 Å². The molecule has 0 bridgehead atoms. The van der Waals surface area contributed by atoms with E-state index in [9.17, 15) is 13.2 Å².